The molecule has 0 aliphatic heterocycles. The number of ether oxygens (including phenoxy) is 1. The molecule has 0 bridgehead atoms. The molecule has 2 aromatic rings. The van der Waals surface area contributed by atoms with Crippen LogP contribution in [0.3, 0.4) is 0 Å². The SMILES string of the molecule is O=C(OCCC(=O)c1cccnc1Cl)c1ccc(Cl)cc1. The number of aromatic nitrogens is 1. The molecule has 0 amide bonds. The Morgan fingerprint density at radius 1 is 1.10 bits per heavy atom. The summed E-state index contributed by atoms with van der Waals surface area (Å²) in [5.41, 5.74) is 0.702. The predicted molar refractivity (Wildman–Crippen MR) is 79.9 cm³/mol. The number of rotatable bonds is 5. The van der Waals surface area contributed by atoms with Crippen molar-refractivity contribution in [1.82, 2.24) is 4.98 Å². The molecule has 0 aliphatic carbocycles. The minimum absolute atomic E-state index is 0.0223. The van der Waals surface area contributed by atoms with Crippen LogP contribution in [-0.2, 0) is 4.74 Å². The Morgan fingerprint density at radius 2 is 1.81 bits per heavy atom. The summed E-state index contributed by atoms with van der Waals surface area (Å²) in [5, 5.41) is 0.680. The van der Waals surface area contributed by atoms with E-state index in [4.69, 9.17) is 27.9 Å². The fourth-order valence-electron chi connectivity index (χ4n) is 1.63. The lowest BCUT2D eigenvalue weighted by Gasteiger charge is -2.05. The van der Waals surface area contributed by atoms with Crippen molar-refractivity contribution in [2.24, 2.45) is 0 Å². The molecule has 6 heteroatoms. The smallest absolute Gasteiger partial charge is 0.338 e. The van der Waals surface area contributed by atoms with Crippen molar-refractivity contribution < 1.29 is 14.3 Å². The molecule has 1 heterocycles. The minimum Gasteiger partial charge on any atom is -0.462 e. The van der Waals surface area contributed by atoms with E-state index >= 15 is 0 Å². The summed E-state index contributed by atoms with van der Waals surface area (Å²) in [5.74, 6) is -0.728. The van der Waals surface area contributed by atoms with E-state index in [-0.39, 0.29) is 24.0 Å². The molecule has 0 radical (unpaired) electrons. The zero-order valence-corrected chi connectivity index (χ0v) is 12.4. The van der Waals surface area contributed by atoms with Crippen molar-refractivity contribution >= 4 is 35.0 Å². The van der Waals surface area contributed by atoms with E-state index in [1.54, 1.807) is 36.4 Å². The van der Waals surface area contributed by atoms with E-state index < -0.39 is 5.97 Å². The largest absolute Gasteiger partial charge is 0.462 e. The fourth-order valence-corrected chi connectivity index (χ4v) is 1.99. The standard InChI is InChI=1S/C15H11Cl2NO3/c16-11-5-3-10(4-6-11)15(20)21-9-7-13(19)12-2-1-8-18-14(12)17/h1-6,8H,7,9H2. The van der Waals surface area contributed by atoms with E-state index in [0.717, 1.165) is 0 Å². The Hall–Kier alpha value is -1.91. The van der Waals surface area contributed by atoms with Gasteiger partial charge in [0.1, 0.15) is 5.15 Å². The Kier molecular flexibility index (Phi) is 5.31. The van der Waals surface area contributed by atoms with Gasteiger partial charge in [-0.15, -0.1) is 0 Å². The third-order valence-corrected chi connectivity index (χ3v) is 3.25. The van der Waals surface area contributed by atoms with E-state index in [0.29, 0.717) is 16.1 Å². The average Bonchev–Trinajstić information content (AvgIpc) is 2.48. The van der Waals surface area contributed by atoms with Crippen molar-refractivity contribution in [3.63, 3.8) is 0 Å². The number of halogens is 2. The molecule has 0 spiro atoms. The minimum atomic E-state index is -0.503. The first-order valence-corrected chi connectivity index (χ1v) is 6.90. The van der Waals surface area contributed by atoms with Gasteiger partial charge in [-0.25, -0.2) is 9.78 Å². The van der Waals surface area contributed by atoms with Crippen LogP contribution in [0.5, 0.6) is 0 Å². The summed E-state index contributed by atoms with van der Waals surface area (Å²) >= 11 is 11.5. The van der Waals surface area contributed by atoms with Gasteiger partial charge < -0.3 is 4.74 Å². The van der Waals surface area contributed by atoms with Crippen LogP contribution < -0.4 is 0 Å². The summed E-state index contributed by atoms with van der Waals surface area (Å²) in [6.07, 6.45) is 1.55. The average molecular weight is 324 g/mol. The van der Waals surface area contributed by atoms with Gasteiger partial charge in [-0.05, 0) is 36.4 Å². The molecular weight excluding hydrogens is 313 g/mol. The van der Waals surface area contributed by atoms with Crippen LogP contribution in [0, 0.1) is 0 Å². The highest BCUT2D eigenvalue weighted by Crippen LogP contribution is 2.14. The number of esters is 1. The van der Waals surface area contributed by atoms with Gasteiger partial charge >= 0.3 is 5.97 Å². The fraction of sp³-hybridized carbons (Fsp3) is 0.133. The van der Waals surface area contributed by atoms with Crippen molar-refractivity contribution in [1.29, 1.82) is 0 Å². The molecule has 0 unspecified atom stereocenters. The van der Waals surface area contributed by atoms with Crippen LogP contribution in [0.2, 0.25) is 10.2 Å². The molecule has 108 valence electrons. The van der Waals surface area contributed by atoms with E-state index in [1.807, 2.05) is 0 Å². The van der Waals surface area contributed by atoms with Crippen LogP contribution in [0.4, 0.5) is 0 Å². The lowest BCUT2D eigenvalue weighted by molar-refractivity contribution is 0.0496. The quantitative estimate of drug-likeness (QED) is 0.477. The van der Waals surface area contributed by atoms with Gasteiger partial charge in [0.25, 0.3) is 0 Å². The second-order valence-electron chi connectivity index (χ2n) is 4.16. The van der Waals surface area contributed by atoms with Crippen molar-refractivity contribution in [2.45, 2.75) is 6.42 Å². The zero-order chi connectivity index (χ0) is 15.2. The molecule has 1 aromatic carbocycles. The topological polar surface area (TPSA) is 56.3 Å². The molecule has 4 nitrogen and oxygen atoms in total. The van der Waals surface area contributed by atoms with E-state index in [1.165, 1.54) is 6.20 Å². The summed E-state index contributed by atoms with van der Waals surface area (Å²) in [4.78, 5) is 27.4. The lowest BCUT2D eigenvalue weighted by Crippen LogP contribution is -2.10. The maximum Gasteiger partial charge on any atom is 0.338 e. The van der Waals surface area contributed by atoms with Gasteiger partial charge in [-0.1, -0.05) is 23.2 Å². The predicted octanol–water partition coefficient (Wildman–Crippen LogP) is 3.82. The number of ketones is 1. The number of hydrogen-bond acceptors (Lipinski definition) is 4. The Bertz CT molecular complexity index is 656. The lowest BCUT2D eigenvalue weighted by atomic mass is 10.1. The van der Waals surface area contributed by atoms with Crippen molar-refractivity contribution in [3.05, 3.63) is 63.9 Å². The molecule has 0 aliphatic rings. The molecule has 21 heavy (non-hydrogen) atoms. The van der Waals surface area contributed by atoms with Crippen LogP contribution >= 0.6 is 23.2 Å². The highest BCUT2D eigenvalue weighted by atomic mass is 35.5. The maximum absolute atomic E-state index is 11.9. The number of nitrogens with zero attached hydrogens (tertiary/aromatic N) is 1. The Balaban J connectivity index is 1.87. The molecular formula is C15H11Cl2NO3. The van der Waals surface area contributed by atoms with Gasteiger partial charge in [0.2, 0.25) is 0 Å². The van der Waals surface area contributed by atoms with Crippen LogP contribution in [0.1, 0.15) is 27.1 Å². The summed E-state index contributed by atoms with van der Waals surface area (Å²) < 4.78 is 5.03. The number of carbonyl (C=O) groups excluding carboxylic acids is 2. The molecule has 0 N–H and O–H groups in total. The first-order chi connectivity index (χ1) is 10.1. The van der Waals surface area contributed by atoms with Crippen LogP contribution in [0.25, 0.3) is 0 Å². The highest BCUT2D eigenvalue weighted by Gasteiger charge is 2.12. The molecule has 1 aromatic heterocycles. The number of pyridine rings is 1. The highest BCUT2D eigenvalue weighted by molar-refractivity contribution is 6.32. The number of Topliss-reactive ketones (excluding diaryl/α,β-unsaturated/α-hetero) is 1. The van der Waals surface area contributed by atoms with Gasteiger partial charge in [0.15, 0.2) is 5.78 Å². The van der Waals surface area contributed by atoms with Crippen molar-refractivity contribution in [2.75, 3.05) is 6.61 Å². The van der Waals surface area contributed by atoms with Crippen LogP contribution in [-0.4, -0.2) is 23.3 Å². The first-order valence-electron chi connectivity index (χ1n) is 6.14. The van der Waals surface area contributed by atoms with E-state index in [2.05, 4.69) is 4.98 Å². The summed E-state index contributed by atoms with van der Waals surface area (Å²) in [6, 6.07) is 9.52. The normalized spacial score (nSPS) is 10.2. The monoisotopic (exact) mass is 323 g/mol. The van der Waals surface area contributed by atoms with Crippen LogP contribution in [0.15, 0.2) is 42.6 Å². The molecule has 0 saturated carbocycles. The second kappa shape index (κ2) is 7.20. The molecule has 0 saturated heterocycles. The third kappa shape index (κ3) is 4.28. The first kappa shape index (κ1) is 15.5. The van der Waals surface area contributed by atoms with Gasteiger partial charge in [-0.2, -0.15) is 0 Å². The van der Waals surface area contributed by atoms with Gasteiger partial charge in [0.05, 0.1) is 17.7 Å². The number of carbonyl (C=O) groups is 2. The second-order valence-corrected chi connectivity index (χ2v) is 4.95. The van der Waals surface area contributed by atoms with Gasteiger partial charge in [0, 0.05) is 17.6 Å². The summed E-state index contributed by atoms with van der Waals surface area (Å²) in [6.45, 7) is -0.0223. The van der Waals surface area contributed by atoms with Crippen molar-refractivity contribution in [3.8, 4) is 0 Å². The Labute approximate surface area is 131 Å². The number of benzene rings is 1. The van der Waals surface area contributed by atoms with Gasteiger partial charge in [-0.3, -0.25) is 4.79 Å². The Morgan fingerprint density at radius 3 is 2.48 bits per heavy atom. The zero-order valence-electron chi connectivity index (χ0n) is 10.9. The third-order valence-electron chi connectivity index (χ3n) is 2.70. The van der Waals surface area contributed by atoms with E-state index in [9.17, 15) is 9.59 Å². The summed E-state index contributed by atoms with van der Waals surface area (Å²) in [7, 11) is 0. The molecule has 0 fully saturated rings. The maximum atomic E-state index is 11.9. The number of hydrogen-bond donors (Lipinski definition) is 0. The molecule has 2 rings (SSSR count). The molecule has 0 atom stereocenters.